The van der Waals surface area contributed by atoms with Crippen LogP contribution in [0.25, 0.3) is 0 Å². The molecule has 1 rings (SSSR count). The molecule has 0 atom stereocenters. The Morgan fingerprint density at radius 3 is 2.86 bits per heavy atom. The van der Waals surface area contributed by atoms with E-state index in [0.717, 1.165) is 6.07 Å². The molecule has 0 saturated heterocycles. The van der Waals surface area contributed by atoms with Crippen LogP contribution in [0, 0.1) is 5.82 Å². The Labute approximate surface area is 86.4 Å². The Hall–Kier alpha value is -1.35. The van der Waals surface area contributed by atoms with E-state index in [9.17, 15) is 9.18 Å². The summed E-state index contributed by atoms with van der Waals surface area (Å²) in [6.07, 6.45) is 2.96. The summed E-state index contributed by atoms with van der Waals surface area (Å²) in [4.78, 5) is 11.1. The highest BCUT2D eigenvalue weighted by molar-refractivity contribution is 6.33. The lowest BCUT2D eigenvalue weighted by Crippen LogP contribution is -2.08. The molecular formula is C10H9ClFNO. The molecule has 74 valence electrons. The summed E-state index contributed by atoms with van der Waals surface area (Å²) in [5.74, 6) is -0.722. The zero-order chi connectivity index (χ0) is 10.6. The van der Waals surface area contributed by atoms with Crippen molar-refractivity contribution in [2.45, 2.75) is 6.92 Å². The van der Waals surface area contributed by atoms with Gasteiger partial charge in [-0.05, 0) is 31.2 Å². The maximum atomic E-state index is 12.6. The number of amides is 1. The van der Waals surface area contributed by atoms with E-state index < -0.39 is 5.82 Å². The summed E-state index contributed by atoms with van der Waals surface area (Å²) in [6, 6.07) is 3.79. The van der Waals surface area contributed by atoms with Crippen molar-refractivity contribution in [1.29, 1.82) is 0 Å². The molecule has 0 unspecified atom stereocenters. The second-order valence-corrected chi connectivity index (χ2v) is 3.02. The van der Waals surface area contributed by atoms with Crippen molar-refractivity contribution in [1.82, 2.24) is 0 Å². The van der Waals surface area contributed by atoms with Crippen molar-refractivity contribution in [2.24, 2.45) is 0 Å². The summed E-state index contributed by atoms with van der Waals surface area (Å²) < 4.78 is 12.6. The van der Waals surface area contributed by atoms with Gasteiger partial charge in [0.25, 0.3) is 0 Å². The van der Waals surface area contributed by atoms with E-state index in [0.29, 0.717) is 5.69 Å². The molecule has 14 heavy (non-hydrogen) atoms. The van der Waals surface area contributed by atoms with Gasteiger partial charge >= 0.3 is 0 Å². The van der Waals surface area contributed by atoms with E-state index in [1.54, 1.807) is 13.0 Å². The molecule has 1 aromatic carbocycles. The quantitative estimate of drug-likeness (QED) is 0.752. The SMILES string of the molecule is CC=CC(=O)Nc1ccc(F)cc1Cl. The van der Waals surface area contributed by atoms with E-state index in [2.05, 4.69) is 5.32 Å². The number of benzene rings is 1. The fraction of sp³-hybridized carbons (Fsp3) is 0.100. The van der Waals surface area contributed by atoms with Crippen LogP contribution in [-0.2, 0) is 4.79 Å². The van der Waals surface area contributed by atoms with Gasteiger partial charge in [-0.2, -0.15) is 0 Å². The number of rotatable bonds is 2. The van der Waals surface area contributed by atoms with Crippen LogP contribution >= 0.6 is 11.6 Å². The lowest BCUT2D eigenvalue weighted by Gasteiger charge is -2.03. The van der Waals surface area contributed by atoms with E-state index in [4.69, 9.17) is 11.6 Å². The molecule has 1 amide bonds. The molecule has 0 aliphatic rings. The molecule has 0 aliphatic heterocycles. The van der Waals surface area contributed by atoms with E-state index in [1.807, 2.05) is 0 Å². The number of anilines is 1. The van der Waals surface area contributed by atoms with Gasteiger partial charge < -0.3 is 5.32 Å². The van der Waals surface area contributed by atoms with Crippen LogP contribution < -0.4 is 5.32 Å². The fourth-order valence-corrected chi connectivity index (χ4v) is 1.13. The van der Waals surface area contributed by atoms with Gasteiger partial charge in [-0.3, -0.25) is 4.79 Å². The first-order valence-corrected chi connectivity index (χ1v) is 4.40. The highest BCUT2D eigenvalue weighted by Gasteiger charge is 2.03. The third-order valence-electron chi connectivity index (χ3n) is 1.51. The zero-order valence-corrected chi connectivity index (χ0v) is 8.31. The molecule has 0 aromatic heterocycles. The average Bonchev–Trinajstić information content (AvgIpc) is 2.10. The number of carbonyl (C=O) groups is 1. The third-order valence-corrected chi connectivity index (χ3v) is 1.82. The highest BCUT2D eigenvalue weighted by atomic mass is 35.5. The van der Waals surface area contributed by atoms with Crippen LogP contribution in [-0.4, -0.2) is 5.91 Å². The molecular weight excluding hydrogens is 205 g/mol. The molecule has 0 aliphatic carbocycles. The monoisotopic (exact) mass is 213 g/mol. The van der Waals surface area contributed by atoms with Crippen LogP contribution in [0.2, 0.25) is 5.02 Å². The van der Waals surface area contributed by atoms with Gasteiger partial charge in [-0.1, -0.05) is 17.7 Å². The molecule has 1 N–H and O–H groups in total. The summed E-state index contributed by atoms with van der Waals surface area (Å²) in [7, 11) is 0. The van der Waals surface area contributed by atoms with E-state index >= 15 is 0 Å². The largest absolute Gasteiger partial charge is 0.321 e. The van der Waals surface area contributed by atoms with Crippen LogP contribution in [0.5, 0.6) is 0 Å². The van der Waals surface area contributed by atoms with Gasteiger partial charge in [0, 0.05) is 0 Å². The Bertz CT molecular complexity index is 376. The van der Waals surface area contributed by atoms with Crippen molar-refractivity contribution in [3.05, 3.63) is 41.2 Å². The van der Waals surface area contributed by atoms with Gasteiger partial charge in [0.2, 0.25) is 5.91 Å². The molecule has 0 saturated carbocycles. The minimum atomic E-state index is -0.431. The molecule has 4 heteroatoms. The predicted molar refractivity (Wildman–Crippen MR) is 54.9 cm³/mol. The average molecular weight is 214 g/mol. The first kappa shape index (κ1) is 10.7. The summed E-state index contributed by atoms with van der Waals surface area (Å²) in [6.45, 7) is 1.73. The normalized spacial score (nSPS) is 10.5. The lowest BCUT2D eigenvalue weighted by molar-refractivity contribution is -0.111. The standard InChI is InChI=1S/C10H9ClFNO/c1-2-3-10(14)13-9-5-4-7(12)6-8(9)11/h2-6H,1H3,(H,13,14). The molecule has 1 aromatic rings. The number of carbonyl (C=O) groups excluding carboxylic acids is 1. The van der Waals surface area contributed by atoms with Crippen LogP contribution in [0.1, 0.15) is 6.92 Å². The first-order chi connectivity index (χ1) is 6.63. The van der Waals surface area contributed by atoms with Crippen LogP contribution in [0.15, 0.2) is 30.4 Å². The maximum absolute atomic E-state index is 12.6. The Morgan fingerprint density at radius 2 is 2.29 bits per heavy atom. The Balaban J connectivity index is 2.82. The Kier molecular flexibility index (Phi) is 3.65. The molecule has 0 bridgehead atoms. The van der Waals surface area contributed by atoms with Crippen molar-refractivity contribution in [3.8, 4) is 0 Å². The second kappa shape index (κ2) is 4.77. The van der Waals surface area contributed by atoms with Crippen LogP contribution in [0.4, 0.5) is 10.1 Å². The Morgan fingerprint density at radius 1 is 1.57 bits per heavy atom. The fourth-order valence-electron chi connectivity index (χ4n) is 0.917. The van der Waals surface area contributed by atoms with Crippen molar-refractivity contribution in [2.75, 3.05) is 5.32 Å². The van der Waals surface area contributed by atoms with Gasteiger partial charge in [-0.25, -0.2) is 4.39 Å². The smallest absolute Gasteiger partial charge is 0.248 e. The molecule has 2 nitrogen and oxygen atoms in total. The molecule has 0 heterocycles. The summed E-state index contributed by atoms with van der Waals surface area (Å²) in [5.41, 5.74) is 0.399. The molecule has 0 fully saturated rings. The third kappa shape index (κ3) is 2.85. The minimum Gasteiger partial charge on any atom is -0.321 e. The van der Waals surface area contributed by atoms with Gasteiger partial charge in [0.15, 0.2) is 0 Å². The minimum absolute atomic E-state index is 0.183. The molecule has 0 spiro atoms. The van der Waals surface area contributed by atoms with Crippen molar-refractivity contribution in [3.63, 3.8) is 0 Å². The molecule has 0 radical (unpaired) electrons. The predicted octanol–water partition coefficient (Wildman–Crippen LogP) is 2.99. The topological polar surface area (TPSA) is 29.1 Å². The number of nitrogens with one attached hydrogen (secondary N) is 1. The first-order valence-electron chi connectivity index (χ1n) is 4.02. The van der Waals surface area contributed by atoms with E-state index in [-0.39, 0.29) is 10.9 Å². The van der Waals surface area contributed by atoms with Crippen molar-refractivity contribution < 1.29 is 9.18 Å². The van der Waals surface area contributed by atoms with Gasteiger partial charge in [0.1, 0.15) is 5.82 Å². The van der Waals surface area contributed by atoms with Gasteiger partial charge in [-0.15, -0.1) is 0 Å². The highest BCUT2D eigenvalue weighted by Crippen LogP contribution is 2.22. The van der Waals surface area contributed by atoms with Gasteiger partial charge in [0.05, 0.1) is 10.7 Å². The number of hydrogen-bond donors (Lipinski definition) is 1. The van der Waals surface area contributed by atoms with E-state index in [1.165, 1.54) is 18.2 Å². The zero-order valence-electron chi connectivity index (χ0n) is 7.55. The summed E-state index contributed by atoms with van der Waals surface area (Å²) in [5, 5.41) is 2.70. The lowest BCUT2D eigenvalue weighted by atomic mass is 10.3. The summed E-state index contributed by atoms with van der Waals surface area (Å²) >= 11 is 5.69. The van der Waals surface area contributed by atoms with Crippen LogP contribution in [0.3, 0.4) is 0 Å². The maximum Gasteiger partial charge on any atom is 0.248 e. The second-order valence-electron chi connectivity index (χ2n) is 2.61. The number of allylic oxidation sites excluding steroid dienone is 1. The number of halogens is 2. The number of hydrogen-bond acceptors (Lipinski definition) is 1. The van der Waals surface area contributed by atoms with Crippen molar-refractivity contribution >= 4 is 23.2 Å².